The van der Waals surface area contributed by atoms with Gasteiger partial charge in [-0.25, -0.2) is 14.8 Å². The van der Waals surface area contributed by atoms with Gasteiger partial charge in [0.1, 0.15) is 22.8 Å². The minimum Gasteiger partial charge on any atom is -0.444 e. The molecule has 252 valence electrons. The minimum atomic E-state index is -0.566. The number of aryl methyl sites for hydroxylation is 1. The topological polar surface area (TPSA) is 115 Å². The number of aromatic nitrogens is 4. The zero-order chi connectivity index (χ0) is 34.1. The van der Waals surface area contributed by atoms with Crippen molar-refractivity contribution >= 4 is 40.0 Å². The summed E-state index contributed by atoms with van der Waals surface area (Å²) in [5.41, 5.74) is 6.84. The standard InChI is InChI=1S/C36H43N7O4S/c1-8-23-24(9-11-37-30(23)43-14-13-42-27(32(43)45)16-21-17-36(5,6)18-28(21)42)22-15-26(31(44)40(7)19-22)39-33-38-25-10-12-41(20-29(25)48-33)34(46)47-35(2,3)4/h9,11,15-16,19H,8,10,12-14,17-18,20H2,1-7H3,(H,38,39). The summed E-state index contributed by atoms with van der Waals surface area (Å²) in [6, 6.07) is 5.89. The summed E-state index contributed by atoms with van der Waals surface area (Å²) >= 11 is 1.44. The number of fused-ring (bicyclic) bond motifs is 4. The highest BCUT2D eigenvalue weighted by Crippen LogP contribution is 2.40. The maximum Gasteiger partial charge on any atom is 0.410 e. The Morgan fingerprint density at radius 2 is 1.92 bits per heavy atom. The number of hydrogen-bond acceptors (Lipinski definition) is 8. The number of pyridine rings is 2. The van der Waals surface area contributed by atoms with Crippen molar-refractivity contribution in [3.05, 3.63) is 74.0 Å². The monoisotopic (exact) mass is 669 g/mol. The molecule has 6 heterocycles. The Hall–Kier alpha value is -4.45. The maximum atomic E-state index is 13.9. The molecule has 0 atom stereocenters. The molecule has 12 heteroatoms. The molecule has 0 unspecified atom stereocenters. The quantitative estimate of drug-likeness (QED) is 0.274. The van der Waals surface area contributed by atoms with Gasteiger partial charge in [0, 0.05) is 67.2 Å². The average Bonchev–Trinajstić information content (AvgIpc) is 3.67. The zero-order valence-corrected chi connectivity index (χ0v) is 29.6. The number of nitrogens with one attached hydrogen (secondary N) is 1. The predicted octanol–water partition coefficient (Wildman–Crippen LogP) is 6.09. The number of thiazole rings is 1. The van der Waals surface area contributed by atoms with E-state index in [4.69, 9.17) is 14.7 Å². The fraction of sp³-hybridized carbons (Fsp3) is 0.472. The van der Waals surface area contributed by atoms with Crippen molar-refractivity contribution in [1.82, 2.24) is 24.0 Å². The molecular formula is C36H43N7O4S. The summed E-state index contributed by atoms with van der Waals surface area (Å²) in [5, 5.41) is 3.88. The first-order chi connectivity index (χ1) is 22.7. The Balaban J connectivity index is 1.16. The first-order valence-corrected chi connectivity index (χ1v) is 17.5. The molecule has 0 fully saturated rings. The van der Waals surface area contributed by atoms with Crippen LogP contribution in [0.3, 0.4) is 0 Å². The lowest BCUT2D eigenvalue weighted by Crippen LogP contribution is -2.41. The molecule has 1 N–H and O–H groups in total. The van der Waals surface area contributed by atoms with E-state index in [2.05, 4.69) is 36.7 Å². The lowest BCUT2D eigenvalue weighted by molar-refractivity contribution is 0.0225. The summed E-state index contributed by atoms with van der Waals surface area (Å²) in [6.07, 6.45) is 6.48. The lowest BCUT2D eigenvalue weighted by atomic mass is 9.90. The molecule has 0 spiro atoms. The molecule has 4 aromatic rings. The van der Waals surface area contributed by atoms with Crippen molar-refractivity contribution in [2.75, 3.05) is 23.3 Å². The molecule has 4 aromatic heterocycles. The number of ether oxygens (including phenoxy) is 1. The molecule has 1 aliphatic carbocycles. The van der Waals surface area contributed by atoms with Crippen LogP contribution in [-0.2, 0) is 50.6 Å². The first kappa shape index (κ1) is 32.1. The maximum absolute atomic E-state index is 13.9. The van der Waals surface area contributed by atoms with Crippen molar-refractivity contribution in [1.29, 1.82) is 0 Å². The van der Waals surface area contributed by atoms with Crippen molar-refractivity contribution < 1.29 is 14.3 Å². The highest BCUT2D eigenvalue weighted by atomic mass is 32.1. The van der Waals surface area contributed by atoms with Crippen LogP contribution in [-0.4, -0.2) is 54.7 Å². The molecule has 0 saturated heterocycles. The van der Waals surface area contributed by atoms with E-state index in [9.17, 15) is 14.4 Å². The van der Waals surface area contributed by atoms with Crippen LogP contribution >= 0.6 is 11.3 Å². The fourth-order valence-electron chi connectivity index (χ4n) is 7.24. The van der Waals surface area contributed by atoms with Crippen LogP contribution in [0.4, 0.5) is 21.4 Å². The zero-order valence-electron chi connectivity index (χ0n) is 28.8. The number of carbonyl (C=O) groups excluding carboxylic acids is 2. The normalized spacial score (nSPS) is 16.9. The van der Waals surface area contributed by atoms with Gasteiger partial charge in [-0.15, -0.1) is 0 Å². The van der Waals surface area contributed by atoms with E-state index in [1.54, 1.807) is 22.7 Å². The molecule has 2 aliphatic heterocycles. The van der Waals surface area contributed by atoms with Gasteiger partial charge >= 0.3 is 6.09 Å². The lowest BCUT2D eigenvalue weighted by Gasteiger charge is -2.31. The Labute approximate surface area is 284 Å². The van der Waals surface area contributed by atoms with Crippen LogP contribution in [0, 0.1) is 5.41 Å². The summed E-state index contributed by atoms with van der Waals surface area (Å²) in [4.78, 5) is 54.0. The second-order valence-electron chi connectivity index (χ2n) is 14.9. The van der Waals surface area contributed by atoms with Crippen molar-refractivity contribution in [3.8, 4) is 11.1 Å². The van der Waals surface area contributed by atoms with E-state index in [1.807, 2.05) is 44.0 Å². The van der Waals surface area contributed by atoms with Gasteiger partial charge in [-0.3, -0.25) is 14.5 Å². The summed E-state index contributed by atoms with van der Waals surface area (Å²) in [6.45, 7) is 14.4. The van der Waals surface area contributed by atoms with E-state index < -0.39 is 5.60 Å². The highest BCUT2D eigenvalue weighted by molar-refractivity contribution is 7.15. The van der Waals surface area contributed by atoms with Gasteiger partial charge in [-0.05, 0) is 74.8 Å². The number of rotatable bonds is 5. The van der Waals surface area contributed by atoms with Crippen LogP contribution in [0.25, 0.3) is 11.1 Å². The van der Waals surface area contributed by atoms with Crippen LogP contribution < -0.4 is 15.8 Å². The smallest absolute Gasteiger partial charge is 0.410 e. The van der Waals surface area contributed by atoms with E-state index in [0.717, 1.165) is 52.3 Å². The predicted molar refractivity (Wildman–Crippen MR) is 187 cm³/mol. The van der Waals surface area contributed by atoms with Crippen molar-refractivity contribution in [3.63, 3.8) is 0 Å². The number of hydrogen-bond donors (Lipinski definition) is 1. The number of nitrogens with zero attached hydrogens (tertiary/aromatic N) is 6. The molecule has 7 rings (SSSR count). The Morgan fingerprint density at radius 3 is 2.67 bits per heavy atom. The van der Waals surface area contributed by atoms with Crippen LogP contribution in [0.2, 0.25) is 0 Å². The van der Waals surface area contributed by atoms with Gasteiger partial charge < -0.3 is 24.1 Å². The number of amides is 2. The summed E-state index contributed by atoms with van der Waals surface area (Å²) < 4.78 is 9.35. The average molecular weight is 670 g/mol. The van der Waals surface area contributed by atoms with Crippen molar-refractivity contribution in [2.45, 2.75) is 85.9 Å². The van der Waals surface area contributed by atoms with E-state index in [1.165, 1.54) is 22.6 Å². The number of anilines is 3. The van der Waals surface area contributed by atoms with Gasteiger partial charge in [0.2, 0.25) is 0 Å². The second-order valence-corrected chi connectivity index (χ2v) is 15.9. The Bertz CT molecular complexity index is 2010. The molecule has 11 nitrogen and oxygen atoms in total. The van der Waals surface area contributed by atoms with Crippen LogP contribution in [0.15, 0.2) is 35.4 Å². The SMILES string of the molecule is CCc1c(-c2cc(Nc3nc4c(s3)CN(C(=O)OC(C)(C)C)CC4)c(=O)n(C)c2)ccnc1N1CCn2c(cc3c2CC(C)(C)C3)C1=O. The van der Waals surface area contributed by atoms with Crippen LogP contribution in [0.1, 0.15) is 79.4 Å². The van der Waals surface area contributed by atoms with Gasteiger partial charge in [0.25, 0.3) is 11.5 Å². The molecule has 0 aromatic carbocycles. The molecule has 3 aliphatic rings. The van der Waals surface area contributed by atoms with E-state index in [0.29, 0.717) is 49.1 Å². The molecule has 48 heavy (non-hydrogen) atoms. The van der Waals surface area contributed by atoms with Gasteiger partial charge in [0.15, 0.2) is 5.13 Å². The molecule has 2 amide bonds. The highest BCUT2D eigenvalue weighted by Gasteiger charge is 2.37. The van der Waals surface area contributed by atoms with Gasteiger partial charge in [-0.2, -0.15) is 0 Å². The minimum absolute atomic E-state index is 0.0198. The van der Waals surface area contributed by atoms with Crippen molar-refractivity contribution in [2.24, 2.45) is 12.5 Å². The Kier molecular flexibility index (Phi) is 7.77. The molecule has 0 radical (unpaired) electrons. The third-order valence-electron chi connectivity index (χ3n) is 9.39. The third-order valence-corrected chi connectivity index (χ3v) is 10.4. The summed E-state index contributed by atoms with van der Waals surface area (Å²) in [5.74, 6) is 0.645. The first-order valence-electron chi connectivity index (χ1n) is 16.7. The van der Waals surface area contributed by atoms with Gasteiger partial charge in [0.05, 0.1) is 12.2 Å². The van der Waals surface area contributed by atoms with E-state index in [-0.39, 0.29) is 23.0 Å². The molecular weight excluding hydrogens is 627 g/mol. The third kappa shape index (κ3) is 5.80. The van der Waals surface area contributed by atoms with Crippen LogP contribution in [0.5, 0.6) is 0 Å². The van der Waals surface area contributed by atoms with Gasteiger partial charge in [-0.1, -0.05) is 32.1 Å². The number of carbonyl (C=O) groups is 2. The van der Waals surface area contributed by atoms with E-state index >= 15 is 0 Å². The second kappa shape index (κ2) is 11.6. The summed E-state index contributed by atoms with van der Waals surface area (Å²) in [7, 11) is 1.74. The molecule has 0 bridgehead atoms. The Morgan fingerprint density at radius 1 is 1.12 bits per heavy atom. The largest absolute Gasteiger partial charge is 0.444 e. The fourth-order valence-corrected chi connectivity index (χ4v) is 8.28. The molecule has 0 saturated carbocycles.